The van der Waals surface area contributed by atoms with E-state index >= 15 is 0 Å². The van der Waals surface area contributed by atoms with E-state index in [0.29, 0.717) is 5.56 Å². The third kappa shape index (κ3) is 2.84. The van der Waals surface area contributed by atoms with E-state index in [1.54, 1.807) is 0 Å². The van der Waals surface area contributed by atoms with Gasteiger partial charge in [0.1, 0.15) is 11.3 Å². The Morgan fingerprint density at radius 3 is 2.50 bits per heavy atom. The van der Waals surface area contributed by atoms with E-state index in [1.807, 2.05) is 0 Å². The number of rotatable bonds is 4. The van der Waals surface area contributed by atoms with E-state index < -0.39 is 11.9 Å². The molecular formula is C11H10O5. The maximum Gasteiger partial charge on any atom is 0.339 e. The minimum atomic E-state index is -1.09. The second-order valence-electron chi connectivity index (χ2n) is 2.94. The zero-order valence-corrected chi connectivity index (χ0v) is 8.51. The highest BCUT2D eigenvalue weighted by molar-refractivity contribution is 5.91. The van der Waals surface area contributed by atoms with Crippen molar-refractivity contribution in [2.45, 2.75) is 0 Å². The molecule has 0 amide bonds. The maximum absolute atomic E-state index is 10.8. The number of ether oxygens (including phenoxy) is 1. The number of aliphatic carboxylic acids is 1. The molecular weight excluding hydrogens is 212 g/mol. The number of carboxylic acids is 2. The first-order valence-electron chi connectivity index (χ1n) is 4.37. The normalized spacial score (nSPS) is 10.3. The zero-order chi connectivity index (χ0) is 12.1. The van der Waals surface area contributed by atoms with E-state index in [2.05, 4.69) is 0 Å². The number of benzene rings is 1. The van der Waals surface area contributed by atoms with Gasteiger partial charge in [0, 0.05) is 6.08 Å². The molecule has 0 saturated carbocycles. The van der Waals surface area contributed by atoms with Gasteiger partial charge in [0.2, 0.25) is 0 Å². The lowest BCUT2D eigenvalue weighted by Gasteiger charge is -2.05. The van der Waals surface area contributed by atoms with Gasteiger partial charge in [-0.05, 0) is 23.8 Å². The van der Waals surface area contributed by atoms with Crippen LogP contribution in [0.3, 0.4) is 0 Å². The van der Waals surface area contributed by atoms with Crippen molar-refractivity contribution in [2.24, 2.45) is 0 Å². The standard InChI is InChI=1S/C11H10O5/c1-16-9-6-7(3-5-10(12)13)2-4-8(9)11(14)15/h2-6H,1H3,(H,12,13)(H,14,15). The van der Waals surface area contributed by atoms with Gasteiger partial charge < -0.3 is 14.9 Å². The van der Waals surface area contributed by atoms with Crippen LogP contribution < -0.4 is 4.74 Å². The van der Waals surface area contributed by atoms with Crippen LogP contribution in [0.25, 0.3) is 6.08 Å². The molecule has 2 N–H and O–H groups in total. The minimum absolute atomic E-state index is 0.0370. The molecule has 0 saturated heterocycles. The Morgan fingerprint density at radius 1 is 1.31 bits per heavy atom. The smallest absolute Gasteiger partial charge is 0.339 e. The summed E-state index contributed by atoms with van der Waals surface area (Å²) in [6.07, 6.45) is 2.33. The van der Waals surface area contributed by atoms with Crippen molar-refractivity contribution < 1.29 is 24.5 Å². The highest BCUT2D eigenvalue weighted by atomic mass is 16.5. The molecule has 5 nitrogen and oxygen atoms in total. The van der Waals surface area contributed by atoms with Crippen LogP contribution >= 0.6 is 0 Å². The van der Waals surface area contributed by atoms with Gasteiger partial charge in [0.05, 0.1) is 7.11 Å². The highest BCUT2D eigenvalue weighted by Crippen LogP contribution is 2.20. The van der Waals surface area contributed by atoms with Crippen LogP contribution in [0.2, 0.25) is 0 Å². The summed E-state index contributed by atoms with van der Waals surface area (Å²) in [4.78, 5) is 21.1. The molecule has 5 heteroatoms. The summed E-state index contributed by atoms with van der Waals surface area (Å²) < 4.78 is 4.89. The fraction of sp³-hybridized carbons (Fsp3) is 0.0909. The van der Waals surface area contributed by atoms with Crippen molar-refractivity contribution in [3.63, 3.8) is 0 Å². The lowest BCUT2D eigenvalue weighted by molar-refractivity contribution is -0.131. The van der Waals surface area contributed by atoms with Crippen molar-refractivity contribution in [2.75, 3.05) is 7.11 Å². The number of aromatic carboxylic acids is 1. The zero-order valence-electron chi connectivity index (χ0n) is 8.51. The van der Waals surface area contributed by atoms with Gasteiger partial charge in [-0.15, -0.1) is 0 Å². The Balaban J connectivity index is 3.09. The summed E-state index contributed by atoms with van der Waals surface area (Å²) in [7, 11) is 1.35. The van der Waals surface area contributed by atoms with Gasteiger partial charge in [-0.3, -0.25) is 0 Å². The third-order valence-corrected chi connectivity index (χ3v) is 1.87. The highest BCUT2D eigenvalue weighted by Gasteiger charge is 2.10. The first-order chi connectivity index (χ1) is 7.54. The molecule has 0 unspecified atom stereocenters. The van der Waals surface area contributed by atoms with E-state index in [9.17, 15) is 9.59 Å². The molecule has 16 heavy (non-hydrogen) atoms. The van der Waals surface area contributed by atoms with Crippen molar-refractivity contribution in [3.05, 3.63) is 35.4 Å². The summed E-state index contributed by atoms with van der Waals surface area (Å²) in [5.41, 5.74) is 0.597. The van der Waals surface area contributed by atoms with Crippen molar-refractivity contribution >= 4 is 18.0 Å². The first-order valence-corrected chi connectivity index (χ1v) is 4.37. The third-order valence-electron chi connectivity index (χ3n) is 1.87. The second-order valence-corrected chi connectivity index (χ2v) is 2.94. The second kappa shape index (κ2) is 4.97. The number of carbonyl (C=O) groups is 2. The number of carboxylic acid groups (broad SMARTS) is 2. The molecule has 84 valence electrons. The van der Waals surface area contributed by atoms with Crippen LogP contribution in [0.15, 0.2) is 24.3 Å². The molecule has 1 aromatic carbocycles. The fourth-order valence-electron chi connectivity index (χ4n) is 1.16. The predicted octanol–water partition coefficient (Wildman–Crippen LogP) is 1.49. The molecule has 0 aliphatic rings. The van der Waals surface area contributed by atoms with Crippen molar-refractivity contribution in [1.82, 2.24) is 0 Å². The lowest BCUT2D eigenvalue weighted by atomic mass is 10.1. The molecule has 0 aliphatic heterocycles. The lowest BCUT2D eigenvalue weighted by Crippen LogP contribution is -2.00. The Kier molecular flexibility index (Phi) is 3.66. The van der Waals surface area contributed by atoms with E-state index in [4.69, 9.17) is 14.9 Å². The molecule has 0 spiro atoms. The van der Waals surface area contributed by atoms with Gasteiger partial charge in [-0.25, -0.2) is 9.59 Å². The summed E-state index contributed by atoms with van der Waals surface area (Å²) in [6, 6.07) is 4.33. The number of methoxy groups -OCH3 is 1. The molecule has 0 heterocycles. The van der Waals surface area contributed by atoms with E-state index in [-0.39, 0.29) is 11.3 Å². The molecule has 1 aromatic rings. The molecule has 0 fully saturated rings. The van der Waals surface area contributed by atoms with Crippen LogP contribution in [0.1, 0.15) is 15.9 Å². The number of hydrogen-bond acceptors (Lipinski definition) is 3. The monoisotopic (exact) mass is 222 g/mol. The average molecular weight is 222 g/mol. The summed E-state index contributed by atoms with van der Waals surface area (Å²) in [5.74, 6) is -1.97. The average Bonchev–Trinajstić information content (AvgIpc) is 2.25. The van der Waals surface area contributed by atoms with Crippen LogP contribution in [0.4, 0.5) is 0 Å². The molecule has 0 radical (unpaired) electrons. The summed E-state index contributed by atoms with van der Waals surface area (Å²) in [5, 5.41) is 17.2. The van der Waals surface area contributed by atoms with Crippen molar-refractivity contribution in [3.8, 4) is 5.75 Å². The Hall–Kier alpha value is -2.30. The van der Waals surface area contributed by atoms with Crippen molar-refractivity contribution in [1.29, 1.82) is 0 Å². The van der Waals surface area contributed by atoms with Crippen LogP contribution in [0.5, 0.6) is 5.75 Å². The maximum atomic E-state index is 10.8. The van der Waals surface area contributed by atoms with Gasteiger partial charge in [0.15, 0.2) is 0 Å². The molecule has 0 atom stereocenters. The SMILES string of the molecule is COc1cc(C=CC(=O)O)ccc1C(=O)O. The van der Waals surface area contributed by atoms with Gasteiger partial charge >= 0.3 is 11.9 Å². The van der Waals surface area contributed by atoms with Gasteiger partial charge in [-0.2, -0.15) is 0 Å². The van der Waals surface area contributed by atoms with Crippen LogP contribution in [-0.4, -0.2) is 29.3 Å². The van der Waals surface area contributed by atoms with E-state index in [0.717, 1.165) is 6.08 Å². The molecule has 1 rings (SSSR count). The predicted molar refractivity (Wildman–Crippen MR) is 56.6 cm³/mol. The fourth-order valence-corrected chi connectivity index (χ4v) is 1.16. The topological polar surface area (TPSA) is 83.8 Å². The summed E-state index contributed by atoms with van der Waals surface area (Å²) >= 11 is 0. The number of hydrogen-bond donors (Lipinski definition) is 2. The van der Waals surface area contributed by atoms with Crippen LogP contribution in [-0.2, 0) is 4.79 Å². The van der Waals surface area contributed by atoms with Gasteiger partial charge in [0.25, 0.3) is 0 Å². The minimum Gasteiger partial charge on any atom is -0.496 e. The molecule has 0 aliphatic carbocycles. The van der Waals surface area contributed by atoms with Crippen LogP contribution in [0, 0.1) is 0 Å². The molecule has 0 bridgehead atoms. The first kappa shape index (κ1) is 11.8. The Labute approximate surface area is 91.6 Å². The quantitative estimate of drug-likeness (QED) is 0.754. The van der Waals surface area contributed by atoms with E-state index in [1.165, 1.54) is 31.4 Å². The Bertz CT molecular complexity index is 448. The summed E-state index contributed by atoms with van der Waals surface area (Å²) in [6.45, 7) is 0. The van der Waals surface area contributed by atoms with Gasteiger partial charge in [-0.1, -0.05) is 6.07 Å². The molecule has 0 aromatic heterocycles. The largest absolute Gasteiger partial charge is 0.496 e. The Morgan fingerprint density at radius 2 is 2.00 bits per heavy atom.